The second-order valence-electron chi connectivity index (χ2n) is 6.48. The van der Waals surface area contributed by atoms with Gasteiger partial charge in [-0.25, -0.2) is 0 Å². The summed E-state index contributed by atoms with van der Waals surface area (Å²) in [5.74, 6) is 1.45. The van der Waals surface area contributed by atoms with Gasteiger partial charge in [-0.2, -0.15) is 0 Å². The van der Waals surface area contributed by atoms with E-state index in [-0.39, 0.29) is 11.5 Å². The molecule has 0 aliphatic heterocycles. The highest BCUT2D eigenvalue weighted by atomic mass is 32.2. The first-order valence-electron chi connectivity index (χ1n) is 9.30. The van der Waals surface area contributed by atoms with Crippen molar-refractivity contribution in [1.29, 1.82) is 0 Å². The smallest absolute Gasteiger partial charge is 0.277 e. The number of carbonyl (C=O) groups is 1. The van der Waals surface area contributed by atoms with Gasteiger partial charge < -0.3 is 8.83 Å². The largest absolute Gasteiger partial charge is 0.469 e. The summed E-state index contributed by atoms with van der Waals surface area (Å²) in [5, 5.41) is 8.39. The Morgan fingerprint density at radius 1 is 1.07 bits per heavy atom. The third kappa shape index (κ3) is 5.32. The molecule has 142 valence electrons. The third-order valence-corrected chi connectivity index (χ3v) is 5.24. The molecule has 0 atom stereocenters. The van der Waals surface area contributed by atoms with Crippen LogP contribution in [0.5, 0.6) is 0 Å². The number of hydrogen-bond donors (Lipinski definition) is 0. The molecule has 0 fully saturated rings. The number of nitrogens with zero attached hydrogens (tertiary/aromatic N) is 2. The molecule has 0 unspecified atom stereocenters. The van der Waals surface area contributed by atoms with Crippen molar-refractivity contribution in [3.8, 4) is 11.5 Å². The molecule has 0 aliphatic rings. The fourth-order valence-corrected chi connectivity index (χ4v) is 3.47. The molecule has 0 N–H and O–H groups in total. The van der Waals surface area contributed by atoms with E-state index in [1.165, 1.54) is 43.0 Å². The van der Waals surface area contributed by atoms with Crippen LogP contribution in [0.3, 0.4) is 0 Å². The van der Waals surface area contributed by atoms with Gasteiger partial charge in [0, 0.05) is 5.56 Å². The Kier molecular flexibility index (Phi) is 6.87. The first-order chi connectivity index (χ1) is 13.2. The van der Waals surface area contributed by atoms with Crippen molar-refractivity contribution in [3.05, 3.63) is 53.5 Å². The van der Waals surface area contributed by atoms with Crippen LogP contribution in [-0.4, -0.2) is 21.7 Å². The number of unbranched alkanes of at least 4 members (excludes halogenated alkanes) is 3. The lowest BCUT2D eigenvalue weighted by Crippen LogP contribution is -2.02. The molecule has 1 aromatic carbocycles. The summed E-state index contributed by atoms with van der Waals surface area (Å²) in [6.45, 7) is 4.05. The highest BCUT2D eigenvalue weighted by Crippen LogP contribution is 2.26. The van der Waals surface area contributed by atoms with E-state index in [2.05, 4.69) is 29.3 Å². The number of furan rings is 1. The average Bonchev–Trinajstić information content (AvgIpc) is 3.32. The maximum atomic E-state index is 12.4. The Morgan fingerprint density at radius 2 is 1.89 bits per heavy atom. The Bertz CT molecular complexity index is 868. The molecule has 0 saturated carbocycles. The first-order valence-corrected chi connectivity index (χ1v) is 10.3. The van der Waals surface area contributed by atoms with Crippen LogP contribution in [0.4, 0.5) is 0 Å². The predicted molar refractivity (Wildman–Crippen MR) is 106 cm³/mol. The van der Waals surface area contributed by atoms with Gasteiger partial charge in [-0.15, -0.1) is 10.2 Å². The molecular formula is C21H24N2O3S. The summed E-state index contributed by atoms with van der Waals surface area (Å²) in [6, 6.07) is 9.71. The molecule has 0 bridgehead atoms. The minimum atomic E-state index is 0.0526. The zero-order valence-electron chi connectivity index (χ0n) is 15.7. The summed E-state index contributed by atoms with van der Waals surface area (Å²) in [5.41, 5.74) is 2.77. The summed E-state index contributed by atoms with van der Waals surface area (Å²) in [6.07, 6.45) is 7.64. The standard InChI is InChI=1S/C21H24N2O3S/c1-3-4-5-6-7-16-8-10-17(11-9-16)19(24)14-27-21-23-22-20(26-21)18-12-13-25-15(18)2/h8-13H,3-7,14H2,1-2H3. The van der Waals surface area contributed by atoms with Crippen LogP contribution in [0.15, 0.2) is 50.7 Å². The molecule has 0 saturated heterocycles. The number of aromatic nitrogens is 2. The monoisotopic (exact) mass is 384 g/mol. The number of ketones is 1. The first kappa shape index (κ1) is 19.4. The zero-order valence-corrected chi connectivity index (χ0v) is 16.6. The van der Waals surface area contributed by atoms with Crippen LogP contribution >= 0.6 is 11.8 Å². The highest BCUT2D eigenvalue weighted by molar-refractivity contribution is 7.99. The minimum Gasteiger partial charge on any atom is -0.469 e. The number of aryl methyl sites for hydroxylation is 2. The third-order valence-electron chi connectivity index (χ3n) is 4.42. The van der Waals surface area contributed by atoms with Gasteiger partial charge >= 0.3 is 0 Å². The molecular weight excluding hydrogens is 360 g/mol. The second kappa shape index (κ2) is 9.55. The summed E-state index contributed by atoms with van der Waals surface area (Å²) in [7, 11) is 0. The summed E-state index contributed by atoms with van der Waals surface area (Å²) >= 11 is 1.25. The number of Topliss-reactive ketones (excluding diaryl/α,β-unsaturated/α-hetero) is 1. The summed E-state index contributed by atoms with van der Waals surface area (Å²) < 4.78 is 10.8. The SMILES string of the molecule is CCCCCCc1ccc(C(=O)CSc2nnc(-c3ccoc3C)o2)cc1. The van der Waals surface area contributed by atoms with E-state index in [1.807, 2.05) is 19.1 Å². The van der Waals surface area contributed by atoms with Gasteiger partial charge in [0.15, 0.2) is 5.78 Å². The normalized spacial score (nSPS) is 11.0. The molecule has 6 heteroatoms. The van der Waals surface area contributed by atoms with Crippen molar-refractivity contribution in [2.75, 3.05) is 5.75 Å². The van der Waals surface area contributed by atoms with Gasteiger partial charge in [-0.3, -0.25) is 4.79 Å². The molecule has 0 aliphatic carbocycles. The van der Waals surface area contributed by atoms with Crippen LogP contribution < -0.4 is 0 Å². The Hall–Kier alpha value is -2.34. The van der Waals surface area contributed by atoms with E-state index in [0.29, 0.717) is 16.7 Å². The molecule has 2 aromatic heterocycles. The van der Waals surface area contributed by atoms with Crippen molar-refractivity contribution in [2.24, 2.45) is 0 Å². The summed E-state index contributed by atoms with van der Waals surface area (Å²) in [4.78, 5) is 12.4. The molecule has 5 nitrogen and oxygen atoms in total. The lowest BCUT2D eigenvalue weighted by Gasteiger charge is -2.03. The van der Waals surface area contributed by atoms with Gasteiger partial charge in [0.2, 0.25) is 0 Å². The van der Waals surface area contributed by atoms with E-state index >= 15 is 0 Å². The molecule has 0 amide bonds. The second-order valence-corrected chi connectivity index (χ2v) is 7.41. The van der Waals surface area contributed by atoms with E-state index in [1.54, 1.807) is 12.3 Å². The molecule has 3 rings (SSSR count). The van der Waals surface area contributed by atoms with Crippen LogP contribution in [0.25, 0.3) is 11.5 Å². The number of thioether (sulfide) groups is 1. The zero-order chi connectivity index (χ0) is 19.1. The molecule has 3 aromatic rings. The van der Waals surface area contributed by atoms with Crippen LogP contribution in [0, 0.1) is 6.92 Å². The van der Waals surface area contributed by atoms with Gasteiger partial charge in [0.1, 0.15) is 5.76 Å². The van der Waals surface area contributed by atoms with Gasteiger partial charge in [0.05, 0.1) is 17.6 Å². The average molecular weight is 385 g/mol. The Balaban J connectivity index is 1.51. The Labute approximate surface area is 163 Å². The quantitative estimate of drug-likeness (QED) is 0.252. The van der Waals surface area contributed by atoms with E-state index < -0.39 is 0 Å². The van der Waals surface area contributed by atoms with Crippen molar-refractivity contribution in [2.45, 2.75) is 51.2 Å². The van der Waals surface area contributed by atoms with Crippen LogP contribution in [-0.2, 0) is 6.42 Å². The van der Waals surface area contributed by atoms with E-state index in [9.17, 15) is 4.79 Å². The maximum absolute atomic E-state index is 12.4. The topological polar surface area (TPSA) is 69.1 Å². The lowest BCUT2D eigenvalue weighted by atomic mass is 10.0. The van der Waals surface area contributed by atoms with E-state index in [4.69, 9.17) is 8.83 Å². The molecule has 0 spiro atoms. The fourth-order valence-electron chi connectivity index (χ4n) is 2.81. The maximum Gasteiger partial charge on any atom is 0.277 e. The van der Waals surface area contributed by atoms with E-state index in [0.717, 1.165) is 17.7 Å². The van der Waals surface area contributed by atoms with Crippen molar-refractivity contribution in [3.63, 3.8) is 0 Å². The molecule has 2 heterocycles. The lowest BCUT2D eigenvalue weighted by molar-refractivity contribution is 0.102. The molecule has 27 heavy (non-hydrogen) atoms. The fraction of sp³-hybridized carbons (Fsp3) is 0.381. The number of hydrogen-bond acceptors (Lipinski definition) is 6. The number of carbonyl (C=O) groups excluding carboxylic acids is 1. The van der Waals surface area contributed by atoms with Gasteiger partial charge in [0.25, 0.3) is 11.1 Å². The molecule has 0 radical (unpaired) electrons. The Morgan fingerprint density at radius 3 is 2.59 bits per heavy atom. The van der Waals surface area contributed by atoms with Crippen molar-refractivity contribution < 1.29 is 13.6 Å². The van der Waals surface area contributed by atoms with Crippen LogP contribution in [0.2, 0.25) is 0 Å². The number of rotatable bonds is 10. The number of benzene rings is 1. The minimum absolute atomic E-state index is 0.0526. The highest BCUT2D eigenvalue weighted by Gasteiger charge is 2.15. The van der Waals surface area contributed by atoms with Gasteiger partial charge in [-0.1, -0.05) is 62.2 Å². The van der Waals surface area contributed by atoms with Crippen LogP contribution in [0.1, 0.15) is 54.3 Å². The van der Waals surface area contributed by atoms with Gasteiger partial charge in [-0.05, 0) is 31.4 Å². The van der Waals surface area contributed by atoms with Crippen molar-refractivity contribution in [1.82, 2.24) is 10.2 Å². The predicted octanol–water partition coefficient (Wildman–Crippen LogP) is 5.74. The van der Waals surface area contributed by atoms with Crippen molar-refractivity contribution >= 4 is 17.5 Å².